The van der Waals surface area contributed by atoms with E-state index in [0.29, 0.717) is 17.0 Å². The first-order chi connectivity index (χ1) is 9.58. The minimum atomic E-state index is 0.187. The normalized spacial score (nSPS) is 16.4. The summed E-state index contributed by atoms with van der Waals surface area (Å²) in [5.74, 6) is 0.611. The Morgan fingerprint density at radius 2 is 1.95 bits per heavy atom. The number of carbonyl (C=O) groups excluding carboxylic acids is 1. The SMILES string of the molecule is CNC1CCN(C(=O)CSc2nc(C)cc(C)n2)CC1. The fourth-order valence-electron chi connectivity index (χ4n) is 2.39. The highest BCUT2D eigenvalue weighted by Crippen LogP contribution is 2.17. The molecule has 1 aliphatic heterocycles. The van der Waals surface area contributed by atoms with Crippen molar-refractivity contribution in [1.29, 1.82) is 0 Å². The average molecular weight is 294 g/mol. The number of likely N-dealkylation sites (tertiary alicyclic amines) is 1. The summed E-state index contributed by atoms with van der Waals surface area (Å²) >= 11 is 1.43. The minimum absolute atomic E-state index is 0.187. The molecule has 1 aromatic rings. The summed E-state index contributed by atoms with van der Waals surface area (Å²) in [6, 6.07) is 2.49. The van der Waals surface area contributed by atoms with Gasteiger partial charge in [-0.3, -0.25) is 4.79 Å². The van der Waals surface area contributed by atoms with E-state index in [9.17, 15) is 4.79 Å². The Labute approximate surface area is 124 Å². The first kappa shape index (κ1) is 15.3. The molecule has 5 nitrogen and oxygen atoms in total. The van der Waals surface area contributed by atoms with Crippen LogP contribution in [0, 0.1) is 13.8 Å². The second-order valence-electron chi connectivity index (χ2n) is 5.17. The number of hydrogen-bond acceptors (Lipinski definition) is 5. The highest BCUT2D eigenvalue weighted by atomic mass is 32.2. The third-order valence-corrected chi connectivity index (χ3v) is 4.37. The molecule has 1 aliphatic rings. The lowest BCUT2D eigenvalue weighted by Gasteiger charge is -2.31. The van der Waals surface area contributed by atoms with E-state index in [2.05, 4.69) is 15.3 Å². The van der Waals surface area contributed by atoms with Crippen LogP contribution in [0.15, 0.2) is 11.2 Å². The van der Waals surface area contributed by atoms with E-state index in [1.165, 1.54) is 11.8 Å². The number of nitrogens with zero attached hydrogens (tertiary/aromatic N) is 3. The van der Waals surface area contributed by atoms with Gasteiger partial charge in [-0.05, 0) is 39.8 Å². The summed E-state index contributed by atoms with van der Waals surface area (Å²) in [5.41, 5.74) is 1.89. The molecule has 0 spiro atoms. The second-order valence-corrected chi connectivity index (χ2v) is 6.11. The molecule has 0 atom stereocenters. The zero-order valence-electron chi connectivity index (χ0n) is 12.3. The second kappa shape index (κ2) is 7.04. The van der Waals surface area contributed by atoms with Crippen molar-refractivity contribution in [3.8, 4) is 0 Å². The predicted octanol–water partition coefficient (Wildman–Crippen LogP) is 1.40. The average Bonchev–Trinajstić information content (AvgIpc) is 2.44. The summed E-state index contributed by atoms with van der Waals surface area (Å²) in [6.07, 6.45) is 2.07. The van der Waals surface area contributed by atoms with E-state index in [0.717, 1.165) is 37.3 Å². The van der Waals surface area contributed by atoms with Crippen molar-refractivity contribution < 1.29 is 4.79 Å². The number of nitrogens with one attached hydrogen (secondary N) is 1. The Morgan fingerprint density at radius 1 is 1.35 bits per heavy atom. The van der Waals surface area contributed by atoms with Gasteiger partial charge < -0.3 is 10.2 Å². The maximum atomic E-state index is 12.2. The van der Waals surface area contributed by atoms with Crippen molar-refractivity contribution in [2.24, 2.45) is 0 Å². The molecule has 0 aromatic carbocycles. The smallest absolute Gasteiger partial charge is 0.233 e. The molecule has 110 valence electrons. The van der Waals surface area contributed by atoms with Gasteiger partial charge in [0.05, 0.1) is 5.75 Å². The molecule has 0 unspecified atom stereocenters. The number of aromatic nitrogens is 2. The first-order valence-electron chi connectivity index (χ1n) is 6.98. The van der Waals surface area contributed by atoms with Crippen LogP contribution >= 0.6 is 11.8 Å². The highest BCUT2D eigenvalue weighted by molar-refractivity contribution is 7.99. The van der Waals surface area contributed by atoms with Crippen molar-refractivity contribution in [3.63, 3.8) is 0 Å². The number of rotatable bonds is 4. The molecule has 2 heterocycles. The van der Waals surface area contributed by atoms with Crippen molar-refractivity contribution in [2.75, 3.05) is 25.9 Å². The molecule has 1 aromatic heterocycles. The van der Waals surface area contributed by atoms with E-state index in [-0.39, 0.29) is 5.91 Å². The van der Waals surface area contributed by atoms with E-state index in [1.807, 2.05) is 31.9 Å². The van der Waals surface area contributed by atoms with Gasteiger partial charge >= 0.3 is 0 Å². The lowest BCUT2D eigenvalue weighted by molar-refractivity contribution is -0.129. The summed E-state index contributed by atoms with van der Waals surface area (Å²) in [7, 11) is 1.98. The Morgan fingerprint density at radius 3 is 2.50 bits per heavy atom. The van der Waals surface area contributed by atoms with Crippen LogP contribution in [-0.4, -0.2) is 52.7 Å². The standard InChI is InChI=1S/C14H22N4OS/c1-10-8-11(2)17-14(16-10)20-9-13(19)18-6-4-12(15-3)5-7-18/h8,12,15H,4-7,9H2,1-3H3. The monoisotopic (exact) mass is 294 g/mol. The molecular formula is C14H22N4OS. The van der Waals surface area contributed by atoms with Crippen molar-refractivity contribution >= 4 is 17.7 Å². The Balaban J connectivity index is 1.83. The number of carbonyl (C=O) groups is 1. The predicted molar refractivity (Wildman–Crippen MR) is 80.9 cm³/mol. The van der Waals surface area contributed by atoms with Gasteiger partial charge in [0.2, 0.25) is 5.91 Å². The van der Waals surface area contributed by atoms with Gasteiger partial charge in [0.25, 0.3) is 0 Å². The van der Waals surface area contributed by atoms with Gasteiger partial charge in [-0.25, -0.2) is 9.97 Å². The van der Waals surface area contributed by atoms with Gasteiger partial charge in [-0.1, -0.05) is 11.8 Å². The van der Waals surface area contributed by atoms with Crippen LogP contribution in [-0.2, 0) is 4.79 Å². The van der Waals surface area contributed by atoms with Crippen LogP contribution in [0.1, 0.15) is 24.2 Å². The molecule has 6 heteroatoms. The summed E-state index contributed by atoms with van der Waals surface area (Å²) in [4.78, 5) is 22.8. The highest BCUT2D eigenvalue weighted by Gasteiger charge is 2.21. The minimum Gasteiger partial charge on any atom is -0.342 e. The van der Waals surface area contributed by atoms with Crippen LogP contribution in [0.25, 0.3) is 0 Å². The van der Waals surface area contributed by atoms with Gasteiger partial charge in [0.1, 0.15) is 0 Å². The summed E-state index contributed by atoms with van der Waals surface area (Å²) in [5, 5.41) is 3.97. The number of hydrogen-bond donors (Lipinski definition) is 1. The molecule has 2 rings (SSSR count). The van der Waals surface area contributed by atoms with Gasteiger partial charge in [-0.2, -0.15) is 0 Å². The van der Waals surface area contributed by atoms with Crippen LogP contribution < -0.4 is 5.32 Å². The Kier molecular flexibility index (Phi) is 5.37. The first-order valence-corrected chi connectivity index (χ1v) is 7.97. The van der Waals surface area contributed by atoms with Crippen molar-refractivity contribution in [3.05, 3.63) is 17.5 Å². The fraction of sp³-hybridized carbons (Fsp3) is 0.643. The molecule has 0 radical (unpaired) electrons. The summed E-state index contributed by atoms with van der Waals surface area (Å²) < 4.78 is 0. The van der Waals surface area contributed by atoms with E-state index >= 15 is 0 Å². The van der Waals surface area contributed by atoms with Crippen molar-refractivity contribution in [2.45, 2.75) is 37.9 Å². The zero-order chi connectivity index (χ0) is 14.5. The molecule has 0 aliphatic carbocycles. The largest absolute Gasteiger partial charge is 0.342 e. The molecule has 0 saturated carbocycles. The fourth-order valence-corrected chi connectivity index (χ4v) is 3.25. The number of piperidine rings is 1. The van der Waals surface area contributed by atoms with Crippen LogP contribution in [0.2, 0.25) is 0 Å². The molecule has 1 N–H and O–H groups in total. The number of amides is 1. The quantitative estimate of drug-likeness (QED) is 0.672. The van der Waals surface area contributed by atoms with Crippen LogP contribution in [0.3, 0.4) is 0 Å². The molecule has 1 amide bonds. The number of thioether (sulfide) groups is 1. The van der Waals surface area contributed by atoms with Gasteiger partial charge in [0.15, 0.2) is 5.16 Å². The molecule has 1 saturated heterocycles. The molecular weight excluding hydrogens is 272 g/mol. The van der Waals surface area contributed by atoms with Gasteiger partial charge in [-0.15, -0.1) is 0 Å². The zero-order valence-corrected chi connectivity index (χ0v) is 13.2. The molecule has 20 heavy (non-hydrogen) atoms. The third-order valence-electron chi connectivity index (χ3n) is 3.54. The van der Waals surface area contributed by atoms with Gasteiger partial charge in [0, 0.05) is 30.5 Å². The van der Waals surface area contributed by atoms with E-state index < -0.39 is 0 Å². The Hall–Kier alpha value is -1.14. The van der Waals surface area contributed by atoms with E-state index in [4.69, 9.17) is 0 Å². The lowest BCUT2D eigenvalue weighted by Crippen LogP contribution is -2.44. The maximum Gasteiger partial charge on any atom is 0.233 e. The topological polar surface area (TPSA) is 58.1 Å². The maximum absolute atomic E-state index is 12.2. The van der Waals surface area contributed by atoms with Crippen LogP contribution in [0.4, 0.5) is 0 Å². The summed E-state index contributed by atoms with van der Waals surface area (Å²) in [6.45, 7) is 5.59. The van der Waals surface area contributed by atoms with Crippen LogP contribution in [0.5, 0.6) is 0 Å². The number of aryl methyl sites for hydroxylation is 2. The third kappa shape index (κ3) is 4.18. The molecule has 0 bridgehead atoms. The van der Waals surface area contributed by atoms with Crippen molar-refractivity contribution in [1.82, 2.24) is 20.2 Å². The van der Waals surface area contributed by atoms with E-state index in [1.54, 1.807) is 0 Å². The molecule has 1 fully saturated rings. The lowest BCUT2D eigenvalue weighted by atomic mass is 10.1. The Bertz CT molecular complexity index is 452.